The van der Waals surface area contributed by atoms with Crippen LogP contribution in [0, 0.1) is 10.1 Å². The lowest BCUT2D eigenvalue weighted by Crippen LogP contribution is -2.16. The lowest BCUT2D eigenvalue weighted by atomic mass is 10.2. The number of benzene rings is 1. The lowest BCUT2D eigenvalue weighted by Gasteiger charge is -2.08. The third-order valence-electron chi connectivity index (χ3n) is 1.90. The number of nitrogens with two attached hydrogens (primary N) is 1. The van der Waals surface area contributed by atoms with Crippen LogP contribution in [0.1, 0.15) is 10.4 Å². The Morgan fingerprint density at radius 1 is 1.42 bits per heavy atom. The van der Waals surface area contributed by atoms with Gasteiger partial charge in [0, 0.05) is 5.56 Å². The number of aldehydes is 1. The molecule has 104 valence electrons. The summed E-state index contributed by atoms with van der Waals surface area (Å²) in [7, 11) is -4.59. The predicted octanol–water partition coefficient (Wildman–Crippen LogP) is 0.656. The van der Waals surface area contributed by atoms with E-state index in [1.54, 1.807) is 0 Å². The van der Waals surface area contributed by atoms with Gasteiger partial charge in [-0.25, -0.2) is 13.6 Å². The number of nitrogens with zero attached hydrogens (tertiary/aromatic N) is 1. The molecule has 0 aliphatic carbocycles. The zero-order valence-electron chi connectivity index (χ0n) is 8.95. The van der Waals surface area contributed by atoms with Crippen LogP contribution in [0.15, 0.2) is 17.0 Å². The predicted molar refractivity (Wildman–Crippen MR) is 56.5 cm³/mol. The van der Waals surface area contributed by atoms with Gasteiger partial charge in [-0.2, -0.15) is 8.78 Å². The summed E-state index contributed by atoms with van der Waals surface area (Å²) >= 11 is 0. The summed E-state index contributed by atoms with van der Waals surface area (Å²) in [4.78, 5) is 19.0. The second-order valence-corrected chi connectivity index (χ2v) is 4.69. The molecule has 0 aromatic heterocycles. The molecule has 0 aliphatic heterocycles. The summed E-state index contributed by atoms with van der Waals surface area (Å²) in [6.45, 7) is -3.44. The van der Waals surface area contributed by atoms with Gasteiger partial charge in [0.15, 0.2) is 4.90 Å². The van der Waals surface area contributed by atoms with Crippen molar-refractivity contribution in [1.82, 2.24) is 0 Å². The summed E-state index contributed by atoms with van der Waals surface area (Å²) in [6, 6.07) is 1.21. The van der Waals surface area contributed by atoms with E-state index in [1.807, 2.05) is 0 Å². The second-order valence-electron chi connectivity index (χ2n) is 3.16. The molecule has 1 aromatic rings. The molecular formula is C8H6F2N2O6S. The fourth-order valence-electron chi connectivity index (χ4n) is 1.25. The number of hydrogen-bond donors (Lipinski definition) is 1. The van der Waals surface area contributed by atoms with Crippen LogP contribution < -0.4 is 9.88 Å². The van der Waals surface area contributed by atoms with Gasteiger partial charge in [-0.05, 0) is 12.1 Å². The maximum Gasteiger partial charge on any atom is 0.387 e. The third kappa shape index (κ3) is 3.42. The largest absolute Gasteiger partial charge is 0.427 e. The third-order valence-corrected chi connectivity index (χ3v) is 2.83. The second kappa shape index (κ2) is 5.24. The van der Waals surface area contributed by atoms with E-state index >= 15 is 0 Å². The van der Waals surface area contributed by atoms with Gasteiger partial charge >= 0.3 is 12.3 Å². The molecule has 1 aromatic carbocycles. The molecule has 0 bridgehead atoms. The zero-order valence-corrected chi connectivity index (χ0v) is 9.76. The molecule has 0 atom stereocenters. The minimum absolute atomic E-state index is 0.108. The maximum absolute atomic E-state index is 12.1. The van der Waals surface area contributed by atoms with Crippen LogP contribution in [0.25, 0.3) is 0 Å². The van der Waals surface area contributed by atoms with Crippen LogP contribution in [0.2, 0.25) is 0 Å². The van der Waals surface area contributed by atoms with Gasteiger partial charge in [0.05, 0.1) is 4.92 Å². The number of halogens is 2. The zero-order chi connectivity index (χ0) is 14.8. The van der Waals surface area contributed by atoms with Crippen LogP contribution in [-0.2, 0) is 10.0 Å². The van der Waals surface area contributed by atoms with Crippen molar-refractivity contribution in [3.05, 3.63) is 27.8 Å². The Kier molecular flexibility index (Phi) is 4.11. The van der Waals surface area contributed by atoms with Crippen molar-refractivity contribution in [3.8, 4) is 5.75 Å². The molecule has 2 N–H and O–H groups in total. The van der Waals surface area contributed by atoms with Crippen molar-refractivity contribution in [1.29, 1.82) is 0 Å². The number of nitro benzene ring substituents is 1. The van der Waals surface area contributed by atoms with Gasteiger partial charge in [-0.1, -0.05) is 0 Å². The molecule has 0 spiro atoms. The Labute approximate surface area is 105 Å². The fraction of sp³-hybridized carbons (Fsp3) is 0.125. The number of carbonyl (C=O) groups excluding carboxylic acids is 1. The van der Waals surface area contributed by atoms with Crippen LogP contribution in [-0.4, -0.2) is 26.2 Å². The van der Waals surface area contributed by atoms with E-state index in [2.05, 4.69) is 4.74 Å². The molecule has 0 fully saturated rings. The number of ether oxygens (including phenoxy) is 1. The van der Waals surface area contributed by atoms with Gasteiger partial charge in [0.1, 0.15) is 6.29 Å². The molecule has 0 amide bonds. The quantitative estimate of drug-likeness (QED) is 0.482. The highest BCUT2D eigenvalue weighted by molar-refractivity contribution is 7.89. The average molecular weight is 296 g/mol. The number of nitro groups is 1. The number of carbonyl (C=O) groups is 1. The number of alkyl halides is 2. The van der Waals surface area contributed by atoms with E-state index in [9.17, 15) is 32.1 Å². The SMILES string of the molecule is NS(=O)(=O)c1cc(C=O)cc(OC(F)F)c1[N+](=O)[O-]. The lowest BCUT2D eigenvalue weighted by molar-refractivity contribution is -0.389. The summed E-state index contributed by atoms with van der Waals surface area (Å²) < 4.78 is 50.4. The van der Waals surface area contributed by atoms with Crippen LogP contribution in [0.4, 0.5) is 14.5 Å². The smallest absolute Gasteiger partial charge is 0.387 e. The number of sulfonamides is 1. The Morgan fingerprint density at radius 2 is 2.00 bits per heavy atom. The highest BCUT2D eigenvalue weighted by atomic mass is 32.2. The molecule has 0 heterocycles. The summed E-state index contributed by atoms with van der Waals surface area (Å²) in [5.74, 6) is -1.06. The highest BCUT2D eigenvalue weighted by Gasteiger charge is 2.30. The molecule has 1 rings (SSSR count). The molecule has 0 unspecified atom stereocenters. The van der Waals surface area contributed by atoms with Crippen molar-refractivity contribution >= 4 is 22.0 Å². The van der Waals surface area contributed by atoms with Crippen molar-refractivity contribution in [2.75, 3.05) is 0 Å². The monoisotopic (exact) mass is 296 g/mol. The topological polar surface area (TPSA) is 130 Å². The highest BCUT2D eigenvalue weighted by Crippen LogP contribution is 2.35. The average Bonchev–Trinajstić information content (AvgIpc) is 2.25. The normalized spacial score (nSPS) is 11.4. The van der Waals surface area contributed by atoms with Gasteiger partial charge in [0.25, 0.3) is 0 Å². The Hall–Kier alpha value is -2.14. The molecule has 0 aliphatic rings. The van der Waals surface area contributed by atoms with Crippen molar-refractivity contribution < 1.29 is 31.7 Å². The Bertz CT molecular complexity index is 630. The van der Waals surface area contributed by atoms with Crippen LogP contribution in [0.3, 0.4) is 0 Å². The fourth-order valence-corrected chi connectivity index (χ4v) is 2.00. The molecular weight excluding hydrogens is 290 g/mol. The maximum atomic E-state index is 12.1. The first-order valence-electron chi connectivity index (χ1n) is 4.42. The Balaban J connectivity index is 3.70. The summed E-state index contributed by atoms with van der Waals surface area (Å²) in [5, 5.41) is 15.5. The van der Waals surface area contributed by atoms with E-state index < -0.39 is 43.5 Å². The van der Waals surface area contributed by atoms with Crippen molar-refractivity contribution in [2.24, 2.45) is 5.14 Å². The van der Waals surface area contributed by atoms with Crippen molar-refractivity contribution in [2.45, 2.75) is 11.5 Å². The molecule has 11 heteroatoms. The van der Waals surface area contributed by atoms with Gasteiger partial charge in [-0.15, -0.1) is 0 Å². The summed E-state index contributed by atoms with van der Waals surface area (Å²) in [5.41, 5.74) is -1.67. The molecule has 0 radical (unpaired) electrons. The van der Waals surface area contributed by atoms with Gasteiger partial charge < -0.3 is 4.74 Å². The van der Waals surface area contributed by atoms with Gasteiger partial charge in [0.2, 0.25) is 15.8 Å². The van der Waals surface area contributed by atoms with E-state index in [4.69, 9.17) is 5.14 Å². The standard InChI is InChI=1S/C8H6F2N2O6S/c9-8(10)18-5-1-4(3-13)2-6(19(11,16)17)7(5)12(14)15/h1-3,8H,(H2,11,16,17). The minimum Gasteiger partial charge on any atom is -0.427 e. The first-order chi connectivity index (χ1) is 8.66. The first-order valence-corrected chi connectivity index (χ1v) is 5.96. The molecule has 0 saturated carbocycles. The minimum atomic E-state index is -4.59. The molecule has 8 nitrogen and oxygen atoms in total. The number of rotatable bonds is 5. The summed E-state index contributed by atoms with van der Waals surface area (Å²) in [6.07, 6.45) is 0.108. The van der Waals surface area contributed by atoms with E-state index in [0.717, 1.165) is 0 Å². The molecule has 19 heavy (non-hydrogen) atoms. The van der Waals surface area contributed by atoms with Crippen LogP contribution >= 0.6 is 0 Å². The number of hydrogen-bond acceptors (Lipinski definition) is 6. The van der Waals surface area contributed by atoms with Crippen molar-refractivity contribution in [3.63, 3.8) is 0 Å². The Morgan fingerprint density at radius 3 is 2.37 bits per heavy atom. The first kappa shape index (κ1) is 14.9. The van der Waals surface area contributed by atoms with E-state index in [1.165, 1.54) is 0 Å². The van der Waals surface area contributed by atoms with Gasteiger partial charge in [-0.3, -0.25) is 14.9 Å². The van der Waals surface area contributed by atoms with Crippen LogP contribution in [0.5, 0.6) is 5.75 Å². The van der Waals surface area contributed by atoms with E-state index in [0.29, 0.717) is 12.1 Å². The number of primary sulfonamides is 1. The van der Waals surface area contributed by atoms with E-state index in [-0.39, 0.29) is 6.29 Å². The molecule has 0 saturated heterocycles.